The minimum absolute atomic E-state index is 0.215. The van der Waals surface area contributed by atoms with Gasteiger partial charge in [-0.2, -0.15) is 0 Å². The van der Waals surface area contributed by atoms with Gasteiger partial charge in [0.05, 0.1) is 5.69 Å². The first-order valence-electron chi connectivity index (χ1n) is 10.3. The molecule has 0 atom stereocenters. The molecule has 7 heteroatoms. The number of amides is 1. The Bertz CT molecular complexity index is 1000. The molecule has 4 rings (SSSR count). The Morgan fingerprint density at radius 3 is 2.60 bits per heavy atom. The van der Waals surface area contributed by atoms with Gasteiger partial charge in [0.25, 0.3) is 0 Å². The lowest BCUT2D eigenvalue weighted by Gasteiger charge is -2.34. The van der Waals surface area contributed by atoms with Crippen LogP contribution in [0.4, 0.5) is 0 Å². The predicted octanol–water partition coefficient (Wildman–Crippen LogP) is 4.95. The molecule has 0 bridgehead atoms. The van der Waals surface area contributed by atoms with E-state index in [4.69, 9.17) is 16.1 Å². The second-order valence-electron chi connectivity index (χ2n) is 7.71. The zero-order valence-electron chi connectivity index (χ0n) is 17.4. The van der Waals surface area contributed by atoms with Crippen molar-refractivity contribution >= 4 is 28.8 Å². The third-order valence-electron chi connectivity index (χ3n) is 5.68. The number of nitrogens with zero attached hydrogens (tertiary/aromatic N) is 3. The van der Waals surface area contributed by atoms with E-state index in [1.807, 2.05) is 36.9 Å². The Morgan fingerprint density at radius 1 is 1.13 bits per heavy atom. The molecule has 0 radical (unpaired) electrons. The fourth-order valence-corrected chi connectivity index (χ4v) is 5.28. The van der Waals surface area contributed by atoms with Crippen LogP contribution in [0.15, 0.2) is 40.9 Å². The van der Waals surface area contributed by atoms with Crippen molar-refractivity contribution in [2.45, 2.75) is 33.2 Å². The van der Waals surface area contributed by atoms with Crippen LogP contribution in [-0.4, -0.2) is 47.0 Å². The lowest BCUT2D eigenvalue weighted by atomic mass is 10.1. The molecule has 30 heavy (non-hydrogen) atoms. The van der Waals surface area contributed by atoms with E-state index in [1.54, 1.807) is 11.3 Å². The summed E-state index contributed by atoms with van der Waals surface area (Å²) in [5.74, 6) is 1.03. The molecular weight excluding hydrogens is 418 g/mol. The standard InChI is InChI=1S/C23H26ClN3O2S/c1-16-19(17(2)29-25-16)8-10-23(28)27-13-11-26(12-14-27)15-18-7-9-22(30-18)20-5-3-4-6-21(20)24/h3-7,9H,8,10-15H2,1-2H3. The maximum atomic E-state index is 12.6. The van der Waals surface area contributed by atoms with Gasteiger partial charge in [0.1, 0.15) is 5.76 Å². The van der Waals surface area contributed by atoms with Gasteiger partial charge in [-0.1, -0.05) is 35.0 Å². The largest absolute Gasteiger partial charge is 0.361 e. The number of rotatable bonds is 6. The Morgan fingerprint density at radius 2 is 1.90 bits per heavy atom. The molecule has 3 aromatic rings. The summed E-state index contributed by atoms with van der Waals surface area (Å²) in [4.78, 5) is 19.5. The summed E-state index contributed by atoms with van der Waals surface area (Å²) in [7, 11) is 0. The molecule has 1 aliphatic heterocycles. The minimum atomic E-state index is 0.215. The van der Waals surface area contributed by atoms with Crippen molar-refractivity contribution in [3.63, 3.8) is 0 Å². The van der Waals surface area contributed by atoms with Crippen molar-refractivity contribution in [2.24, 2.45) is 0 Å². The van der Waals surface area contributed by atoms with Crippen LogP contribution in [0.25, 0.3) is 10.4 Å². The van der Waals surface area contributed by atoms with Gasteiger partial charge >= 0.3 is 0 Å². The van der Waals surface area contributed by atoms with Crippen molar-refractivity contribution in [1.29, 1.82) is 0 Å². The number of thiophene rings is 1. The summed E-state index contributed by atoms with van der Waals surface area (Å²) < 4.78 is 5.19. The number of hydrogen-bond donors (Lipinski definition) is 0. The summed E-state index contributed by atoms with van der Waals surface area (Å²) in [5.41, 5.74) is 3.04. The average molecular weight is 444 g/mol. The molecule has 1 amide bonds. The highest BCUT2D eigenvalue weighted by molar-refractivity contribution is 7.15. The number of hydrogen-bond acceptors (Lipinski definition) is 5. The van der Waals surface area contributed by atoms with E-state index in [1.165, 1.54) is 9.75 Å². The number of benzene rings is 1. The molecule has 0 unspecified atom stereocenters. The number of piperazine rings is 1. The Kier molecular flexibility index (Phi) is 6.56. The van der Waals surface area contributed by atoms with Gasteiger partial charge in [0.2, 0.25) is 5.91 Å². The van der Waals surface area contributed by atoms with Crippen LogP contribution in [-0.2, 0) is 17.8 Å². The molecule has 158 valence electrons. The van der Waals surface area contributed by atoms with E-state index in [-0.39, 0.29) is 5.91 Å². The monoisotopic (exact) mass is 443 g/mol. The third kappa shape index (κ3) is 4.77. The van der Waals surface area contributed by atoms with E-state index in [0.717, 1.165) is 60.3 Å². The van der Waals surface area contributed by atoms with E-state index in [0.29, 0.717) is 12.8 Å². The van der Waals surface area contributed by atoms with E-state index >= 15 is 0 Å². The fourth-order valence-electron chi connectivity index (χ4n) is 3.89. The topological polar surface area (TPSA) is 49.6 Å². The van der Waals surface area contributed by atoms with Crippen molar-refractivity contribution in [3.8, 4) is 10.4 Å². The molecule has 5 nitrogen and oxygen atoms in total. The van der Waals surface area contributed by atoms with Gasteiger partial charge in [-0.3, -0.25) is 9.69 Å². The zero-order valence-corrected chi connectivity index (χ0v) is 18.9. The molecule has 0 spiro atoms. The van der Waals surface area contributed by atoms with E-state index < -0.39 is 0 Å². The van der Waals surface area contributed by atoms with Gasteiger partial charge in [0.15, 0.2) is 0 Å². The van der Waals surface area contributed by atoms with Crippen LogP contribution in [0.2, 0.25) is 5.02 Å². The molecule has 1 saturated heterocycles. The smallest absolute Gasteiger partial charge is 0.222 e. The molecular formula is C23H26ClN3O2S. The van der Waals surface area contributed by atoms with Crippen LogP contribution >= 0.6 is 22.9 Å². The summed E-state index contributed by atoms with van der Waals surface area (Å²) in [5, 5.41) is 4.76. The SMILES string of the molecule is Cc1noc(C)c1CCC(=O)N1CCN(Cc2ccc(-c3ccccc3Cl)s2)CC1. The van der Waals surface area contributed by atoms with Crippen LogP contribution in [0.5, 0.6) is 0 Å². The van der Waals surface area contributed by atoms with Crippen molar-refractivity contribution < 1.29 is 9.32 Å². The highest BCUT2D eigenvalue weighted by atomic mass is 35.5. The molecule has 1 aliphatic rings. The molecule has 1 aromatic carbocycles. The third-order valence-corrected chi connectivity index (χ3v) is 7.11. The number of halogens is 1. The highest BCUT2D eigenvalue weighted by Gasteiger charge is 2.22. The van der Waals surface area contributed by atoms with Crippen LogP contribution in [0.3, 0.4) is 0 Å². The lowest BCUT2D eigenvalue weighted by Crippen LogP contribution is -2.48. The summed E-state index contributed by atoms with van der Waals surface area (Å²) in [6.07, 6.45) is 1.20. The average Bonchev–Trinajstić information content (AvgIpc) is 3.33. The van der Waals surface area contributed by atoms with Crippen LogP contribution < -0.4 is 0 Å². The van der Waals surface area contributed by atoms with Gasteiger partial charge < -0.3 is 9.42 Å². The lowest BCUT2D eigenvalue weighted by molar-refractivity contribution is -0.132. The van der Waals surface area contributed by atoms with Gasteiger partial charge in [-0.05, 0) is 38.5 Å². The molecule has 0 N–H and O–H groups in total. The van der Waals surface area contributed by atoms with Crippen molar-refractivity contribution in [3.05, 3.63) is 63.3 Å². The summed E-state index contributed by atoms with van der Waals surface area (Å²) in [6, 6.07) is 12.3. The fraction of sp³-hybridized carbons (Fsp3) is 0.391. The molecule has 0 saturated carbocycles. The maximum Gasteiger partial charge on any atom is 0.222 e. The Hall–Kier alpha value is -2.15. The van der Waals surface area contributed by atoms with Crippen LogP contribution in [0.1, 0.15) is 28.3 Å². The van der Waals surface area contributed by atoms with Gasteiger partial charge in [0, 0.05) is 65.0 Å². The Labute approximate surface area is 186 Å². The van der Waals surface area contributed by atoms with Gasteiger partial charge in [-0.15, -0.1) is 11.3 Å². The summed E-state index contributed by atoms with van der Waals surface area (Å²) >= 11 is 8.12. The Balaban J connectivity index is 1.27. The number of carbonyl (C=O) groups excluding carboxylic acids is 1. The second kappa shape index (κ2) is 9.33. The quantitative estimate of drug-likeness (QED) is 0.540. The first-order valence-corrected chi connectivity index (χ1v) is 11.5. The summed E-state index contributed by atoms with van der Waals surface area (Å²) in [6.45, 7) is 8.10. The van der Waals surface area contributed by atoms with Gasteiger partial charge in [-0.25, -0.2) is 0 Å². The zero-order chi connectivity index (χ0) is 21.1. The normalized spacial score (nSPS) is 15.0. The van der Waals surface area contributed by atoms with Crippen molar-refractivity contribution in [2.75, 3.05) is 26.2 Å². The molecule has 1 fully saturated rings. The number of aryl methyl sites for hydroxylation is 2. The maximum absolute atomic E-state index is 12.6. The number of carbonyl (C=O) groups is 1. The van der Waals surface area contributed by atoms with Crippen LogP contribution in [0, 0.1) is 13.8 Å². The first-order chi connectivity index (χ1) is 14.5. The minimum Gasteiger partial charge on any atom is -0.361 e. The molecule has 2 aromatic heterocycles. The highest BCUT2D eigenvalue weighted by Crippen LogP contribution is 2.33. The van der Waals surface area contributed by atoms with E-state index in [2.05, 4.69) is 28.3 Å². The first kappa shape index (κ1) is 21.1. The second-order valence-corrected chi connectivity index (χ2v) is 9.28. The molecule has 3 heterocycles. The van der Waals surface area contributed by atoms with Crippen molar-refractivity contribution in [1.82, 2.24) is 15.0 Å². The number of aromatic nitrogens is 1. The molecule has 0 aliphatic carbocycles. The van der Waals surface area contributed by atoms with E-state index in [9.17, 15) is 4.79 Å². The predicted molar refractivity (Wildman–Crippen MR) is 121 cm³/mol.